The molecule has 0 aromatic rings. The molecule has 0 amide bonds. The summed E-state index contributed by atoms with van der Waals surface area (Å²) in [6.07, 6.45) is 13.8. The van der Waals surface area contributed by atoms with E-state index >= 15 is 0 Å². The van der Waals surface area contributed by atoms with Gasteiger partial charge in [-0.25, -0.2) is 0 Å². The fourth-order valence-corrected chi connectivity index (χ4v) is 2.49. The van der Waals surface area contributed by atoms with Crippen molar-refractivity contribution in [2.24, 2.45) is 11.8 Å². The third kappa shape index (κ3) is 8.19. The van der Waals surface area contributed by atoms with Crippen molar-refractivity contribution in [3.05, 3.63) is 6.92 Å². The maximum absolute atomic E-state index is 4.07. The molecule has 0 aliphatic heterocycles. The van der Waals surface area contributed by atoms with Crippen LogP contribution in [0.3, 0.4) is 0 Å². The van der Waals surface area contributed by atoms with Crippen LogP contribution in [0.1, 0.15) is 85.0 Å². The Morgan fingerprint density at radius 2 is 1.44 bits per heavy atom. The van der Waals surface area contributed by atoms with Crippen molar-refractivity contribution in [3.8, 4) is 0 Å². The summed E-state index contributed by atoms with van der Waals surface area (Å²) in [6, 6.07) is 0. The zero-order valence-corrected chi connectivity index (χ0v) is 11.9. The van der Waals surface area contributed by atoms with Crippen LogP contribution < -0.4 is 0 Å². The molecule has 0 aliphatic carbocycles. The highest BCUT2D eigenvalue weighted by atomic mass is 14.2. The minimum atomic E-state index is 0.876. The summed E-state index contributed by atoms with van der Waals surface area (Å²) in [4.78, 5) is 0. The zero-order valence-electron chi connectivity index (χ0n) is 11.9. The molecule has 0 saturated heterocycles. The van der Waals surface area contributed by atoms with Gasteiger partial charge in [-0.15, -0.1) is 0 Å². The van der Waals surface area contributed by atoms with Gasteiger partial charge in [-0.3, -0.25) is 0 Å². The molecule has 0 bridgehead atoms. The molecule has 0 aliphatic rings. The molecule has 0 N–H and O–H groups in total. The van der Waals surface area contributed by atoms with Gasteiger partial charge >= 0.3 is 0 Å². The Labute approximate surface area is 104 Å². The summed E-state index contributed by atoms with van der Waals surface area (Å²) in [5.41, 5.74) is 0. The van der Waals surface area contributed by atoms with Crippen LogP contribution in [0.25, 0.3) is 0 Å². The molecule has 0 heteroatoms. The Balaban J connectivity index is 3.57. The normalized spacial score (nSPS) is 13.3. The molecule has 0 spiro atoms. The quantitative estimate of drug-likeness (QED) is 0.377. The average molecular weight is 225 g/mol. The molecule has 0 nitrogen and oxygen atoms in total. The van der Waals surface area contributed by atoms with E-state index in [9.17, 15) is 0 Å². The highest BCUT2D eigenvalue weighted by Gasteiger charge is 2.12. The molecule has 0 rings (SSSR count). The predicted octanol–water partition coefficient (Wildman–Crippen LogP) is 6.01. The second-order valence-corrected chi connectivity index (χ2v) is 5.28. The van der Waals surface area contributed by atoms with E-state index in [0.29, 0.717) is 0 Å². The van der Waals surface area contributed by atoms with Crippen LogP contribution in [0.4, 0.5) is 0 Å². The first kappa shape index (κ1) is 16.0. The first-order valence-corrected chi connectivity index (χ1v) is 7.57. The first-order chi connectivity index (χ1) is 7.78. The molecule has 97 valence electrons. The van der Waals surface area contributed by atoms with E-state index < -0.39 is 0 Å². The largest absolute Gasteiger partial charge is 0.0654 e. The molecule has 0 heterocycles. The molecule has 2 atom stereocenters. The predicted molar refractivity (Wildman–Crippen MR) is 75.5 cm³/mol. The van der Waals surface area contributed by atoms with Crippen molar-refractivity contribution in [1.29, 1.82) is 0 Å². The van der Waals surface area contributed by atoms with E-state index in [1.54, 1.807) is 0 Å². The molecule has 0 saturated carbocycles. The van der Waals surface area contributed by atoms with Crippen molar-refractivity contribution in [1.82, 2.24) is 0 Å². The van der Waals surface area contributed by atoms with Gasteiger partial charge < -0.3 is 0 Å². The van der Waals surface area contributed by atoms with Crippen molar-refractivity contribution in [2.45, 2.75) is 85.0 Å². The zero-order chi connectivity index (χ0) is 12.2. The number of hydrogen-bond donors (Lipinski definition) is 0. The second kappa shape index (κ2) is 11.5. The van der Waals surface area contributed by atoms with E-state index in [0.717, 1.165) is 18.3 Å². The Morgan fingerprint density at radius 3 is 1.94 bits per heavy atom. The van der Waals surface area contributed by atoms with E-state index in [4.69, 9.17) is 0 Å². The van der Waals surface area contributed by atoms with E-state index in [-0.39, 0.29) is 0 Å². The third-order valence-corrected chi connectivity index (χ3v) is 3.95. The van der Waals surface area contributed by atoms with Gasteiger partial charge in [-0.05, 0) is 18.3 Å². The Hall–Kier alpha value is 0. The lowest BCUT2D eigenvalue weighted by molar-refractivity contribution is 0.328. The molecule has 0 aromatic heterocycles. The summed E-state index contributed by atoms with van der Waals surface area (Å²) in [7, 11) is 0. The summed E-state index contributed by atoms with van der Waals surface area (Å²) in [6.45, 7) is 11.0. The van der Waals surface area contributed by atoms with Gasteiger partial charge in [0.15, 0.2) is 0 Å². The minimum absolute atomic E-state index is 0.876. The molecule has 16 heavy (non-hydrogen) atoms. The summed E-state index contributed by atoms with van der Waals surface area (Å²) in [5, 5.41) is 0. The minimum Gasteiger partial charge on any atom is -0.0654 e. The lowest BCUT2D eigenvalue weighted by Crippen LogP contribution is -2.07. The van der Waals surface area contributed by atoms with E-state index in [1.165, 1.54) is 57.8 Å². The van der Waals surface area contributed by atoms with Gasteiger partial charge in [-0.1, -0.05) is 85.5 Å². The lowest BCUT2D eigenvalue weighted by atomic mass is 9.86. The highest BCUT2D eigenvalue weighted by molar-refractivity contribution is 4.66. The molecule has 1 radical (unpaired) electrons. The van der Waals surface area contributed by atoms with Crippen LogP contribution in [-0.4, -0.2) is 0 Å². The van der Waals surface area contributed by atoms with Crippen LogP contribution in [0.15, 0.2) is 0 Å². The van der Waals surface area contributed by atoms with E-state index in [2.05, 4.69) is 27.7 Å². The molecule has 0 aromatic carbocycles. The van der Waals surface area contributed by atoms with Gasteiger partial charge in [0.1, 0.15) is 0 Å². The van der Waals surface area contributed by atoms with Crippen molar-refractivity contribution < 1.29 is 0 Å². The van der Waals surface area contributed by atoms with Crippen LogP contribution >= 0.6 is 0 Å². The number of unbranched alkanes of at least 4 members (excludes halogenated alkanes) is 4. The maximum atomic E-state index is 4.07. The fraction of sp³-hybridized carbons (Fsp3) is 0.938. The van der Waals surface area contributed by atoms with Crippen molar-refractivity contribution in [2.75, 3.05) is 0 Å². The molecular formula is C16H33. The van der Waals surface area contributed by atoms with Gasteiger partial charge in [0.05, 0.1) is 0 Å². The molecule has 0 fully saturated rings. The summed E-state index contributed by atoms with van der Waals surface area (Å²) in [5.74, 6) is 1.84. The topological polar surface area (TPSA) is 0 Å². The summed E-state index contributed by atoms with van der Waals surface area (Å²) < 4.78 is 0. The number of rotatable bonds is 11. The average Bonchev–Trinajstić information content (AvgIpc) is 2.33. The van der Waals surface area contributed by atoms with E-state index in [1.807, 2.05) is 0 Å². The van der Waals surface area contributed by atoms with Gasteiger partial charge in [0.25, 0.3) is 0 Å². The maximum Gasteiger partial charge on any atom is -0.0414 e. The van der Waals surface area contributed by atoms with Crippen LogP contribution in [0, 0.1) is 18.8 Å². The molecular weight excluding hydrogens is 192 g/mol. The standard InChI is InChI=1S/C16H33/c1-5-9-10-11-12-13-16(8-4)14-15(6-2)7-3/h15-16H,2,5-14H2,1,3-4H3. The fourth-order valence-electron chi connectivity index (χ4n) is 2.49. The first-order valence-electron chi connectivity index (χ1n) is 7.57. The van der Waals surface area contributed by atoms with Crippen molar-refractivity contribution in [3.63, 3.8) is 0 Å². The Morgan fingerprint density at radius 1 is 0.812 bits per heavy atom. The van der Waals surface area contributed by atoms with Gasteiger partial charge in [0.2, 0.25) is 0 Å². The van der Waals surface area contributed by atoms with Crippen LogP contribution in [0.5, 0.6) is 0 Å². The lowest BCUT2D eigenvalue weighted by Gasteiger charge is -2.20. The Kier molecular flexibility index (Phi) is 11.5. The van der Waals surface area contributed by atoms with Gasteiger partial charge in [0, 0.05) is 0 Å². The molecule has 2 unspecified atom stereocenters. The Bertz CT molecular complexity index is 124. The SMILES string of the molecule is [CH2]CC(CC)CC(CC)CCCCCCC. The van der Waals surface area contributed by atoms with Crippen LogP contribution in [0.2, 0.25) is 0 Å². The van der Waals surface area contributed by atoms with Crippen LogP contribution in [-0.2, 0) is 0 Å². The smallest absolute Gasteiger partial charge is 0.0414 e. The van der Waals surface area contributed by atoms with Gasteiger partial charge in [-0.2, -0.15) is 0 Å². The second-order valence-electron chi connectivity index (χ2n) is 5.28. The number of hydrogen-bond acceptors (Lipinski definition) is 0. The third-order valence-electron chi connectivity index (χ3n) is 3.95. The monoisotopic (exact) mass is 225 g/mol. The highest BCUT2D eigenvalue weighted by Crippen LogP contribution is 2.25. The summed E-state index contributed by atoms with van der Waals surface area (Å²) >= 11 is 0. The van der Waals surface area contributed by atoms with Crippen molar-refractivity contribution >= 4 is 0 Å².